The predicted molar refractivity (Wildman–Crippen MR) is 81.7 cm³/mol. The summed E-state index contributed by atoms with van der Waals surface area (Å²) in [5.41, 5.74) is 0.398. The summed E-state index contributed by atoms with van der Waals surface area (Å²) < 4.78 is 10.4. The zero-order chi connectivity index (χ0) is 16.6. The fourth-order valence-corrected chi connectivity index (χ4v) is 3.83. The van der Waals surface area contributed by atoms with Crippen LogP contribution < -0.4 is 0 Å². The summed E-state index contributed by atoms with van der Waals surface area (Å²) in [4.78, 5) is 26.6. The molecule has 0 aromatic heterocycles. The van der Waals surface area contributed by atoms with E-state index in [1.54, 1.807) is 30.3 Å². The Morgan fingerprint density at radius 1 is 1.17 bits per heavy atom. The zero-order valence-electron chi connectivity index (χ0n) is 13.2. The molecule has 1 unspecified atom stereocenters. The van der Waals surface area contributed by atoms with E-state index >= 15 is 0 Å². The van der Waals surface area contributed by atoms with E-state index in [9.17, 15) is 14.7 Å². The first-order valence-electron chi connectivity index (χ1n) is 7.78. The second-order valence-electron chi connectivity index (χ2n) is 6.15. The highest BCUT2D eigenvalue weighted by Crippen LogP contribution is 2.40. The minimum Gasteiger partial charge on any atom is -0.469 e. The van der Waals surface area contributed by atoms with Gasteiger partial charge in [-0.3, -0.25) is 9.69 Å². The maximum Gasteiger partial charge on any atom is 0.338 e. The van der Waals surface area contributed by atoms with Crippen LogP contribution in [0.4, 0.5) is 0 Å². The Bertz CT molecular complexity index is 590. The Hall–Kier alpha value is -1.92. The molecule has 1 N–H and O–H groups in total. The molecule has 6 nitrogen and oxygen atoms in total. The lowest BCUT2D eigenvalue weighted by Crippen LogP contribution is -2.61. The molecule has 1 aromatic rings. The van der Waals surface area contributed by atoms with Gasteiger partial charge < -0.3 is 14.6 Å². The number of likely N-dealkylation sites (N-methyl/N-ethyl adjacent to an activating group) is 1. The largest absolute Gasteiger partial charge is 0.469 e. The number of aliphatic hydroxyl groups is 1. The topological polar surface area (TPSA) is 76.1 Å². The second-order valence-corrected chi connectivity index (χ2v) is 6.15. The fraction of sp³-hybridized carbons (Fsp3) is 0.529. The molecule has 2 bridgehead atoms. The lowest BCUT2D eigenvalue weighted by Gasteiger charge is -2.43. The number of ether oxygens (including phenoxy) is 2. The van der Waals surface area contributed by atoms with Crippen LogP contribution in [0.15, 0.2) is 30.3 Å². The third-order valence-corrected chi connectivity index (χ3v) is 5.03. The van der Waals surface area contributed by atoms with Gasteiger partial charge in [-0.05, 0) is 32.0 Å². The number of piperidine rings is 1. The summed E-state index contributed by atoms with van der Waals surface area (Å²) in [7, 11) is 3.20. The maximum absolute atomic E-state index is 12.3. The van der Waals surface area contributed by atoms with E-state index in [1.807, 2.05) is 11.9 Å². The van der Waals surface area contributed by atoms with Gasteiger partial charge in [0.25, 0.3) is 0 Å². The van der Waals surface area contributed by atoms with E-state index < -0.39 is 30.1 Å². The van der Waals surface area contributed by atoms with Gasteiger partial charge in [0, 0.05) is 12.1 Å². The van der Waals surface area contributed by atoms with Gasteiger partial charge in [-0.25, -0.2) is 4.79 Å². The quantitative estimate of drug-likeness (QED) is 0.832. The van der Waals surface area contributed by atoms with Crippen molar-refractivity contribution >= 4 is 11.9 Å². The van der Waals surface area contributed by atoms with Gasteiger partial charge in [-0.2, -0.15) is 0 Å². The average Bonchev–Trinajstić information content (AvgIpc) is 2.87. The molecule has 3 rings (SSSR count). The van der Waals surface area contributed by atoms with Crippen LogP contribution in [0.2, 0.25) is 0 Å². The van der Waals surface area contributed by atoms with Crippen molar-refractivity contribution in [2.24, 2.45) is 5.92 Å². The number of aliphatic hydroxyl groups excluding tert-OH is 1. The SMILES string of the molecule is COC(=O)[C@H]1[C@H](OC(=O)c2ccccc2)C(O)[C@H]2CC[C@@H]1N2C. The Kier molecular flexibility index (Phi) is 4.37. The monoisotopic (exact) mass is 319 g/mol. The number of hydrogen-bond acceptors (Lipinski definition) is 6. The highest BCUT2D eigenvalue weighted by Gasteiger charge is 2.56. The van der Waals surface area contributed by atoms with Crippen LogP contribution in [0.3, 0.4) is 0 Å². The number of benzene rings is 1. The van der Waals surface area contributed by atoms with E-state index in [0.717, 1.165) is 12.8 Å². The molecule has 0 amide bonds. The first kappa shape index (κ1) is 16.0. The molecule has 2 heterocycles. The van der Waals surface area contributed by atoms with Crippen LogP contribution in [-0.2, 0) is 14.3 Å². The maximum atomic E-state index is 12.3. The highest BCUT2D eigenvalue weighted by molar-refractivity contribution is 5.89. The zero-order valence-corrected chi connectivity index (χ0v) is 13.2. The summed E-state index contributed by atoms with van der Waals surface area (Å²) in [5.74, 6) is -1.66. The molecule has 0 radical (unpaired) electrons. The Morgan fingerprint density at radius 3 is 2.48 bits per heavy atom. The van der Waals surface area contributed by atoms with Crippen LogP contribution in [0.1, 0.15) is 23.2 Å². The van der Waals surface area contributed by atoms with Crippen LogP contribution in [0.25, 0.3) is 0 Å². The number of esters is 2. The van der Waals surface area contributed by atoms with E-state index in [1.165, 1.54) is 7.11 Å². The molecule has 2 aliphatic rings. The molecule has 0 spiro atoms. The molecular formula is C17H21NO5. The van der Waals surface area contributed by atoms with Crippen molar-refractivity contribution in [3.63, 3.8) is 0 Å². The van der Waals surface area contributed by atoms with Gasteiger partial charge in [0.1, 0.15) is 18.1 Å². The van der Waals surface area contributed by atoms with Crippen molar-refractivity contribution in [1.82, 2.24) is 4.90 Å². The molecule has 0 aliphatic carbocycles. The highest BCUT2D eigenvalue weighted by atomic mass is 16.6. The van der Waals surface area contributed by atoms with Gasteiger partial charge in [-0.15, -0.1) is 0 Å². The number of fused-ring (bicyclic) bond motifs is 2. The van der Waals surface area contributed by atoms with E-state index in [0.29, 0.717) is 5.56 Å². The smallest absolute Gasteiger partial charge is 0.338 e. The van der Waals surface area contributed by atoms with Crippen molar-refractivity contribution in [2.75, 3.05) is 14.2 Å². The summed E-state index contributed by atoms with van der Waals surface area (Å²) in [6.07, 6.45) is -0.244. The summed E-state index contributed by atoms with van der Waals surface area (Å²) in [6, 6.07) is 8.39. The molecule has 5 atom stereocenters. The van der Waals surface area contributed by atoms with Gasteiger partial charge in [-0.1, -0.05) is 18.2 Å². The lowest BCUT2D eigenvalue weighted by molar-refractivity contribution is -0.166. The average molecular weight is 319 g/mol. The van der Waals surface area contributed by atoms with Crippen LogP contribution in [0.5, 0.6) is 0 Å². The normalized spacial score (nSPS) is 33.3. The lowest BCUT2D eigenvalue weighted by atomic mass is 9.85. The Morgan fingerprint density at radius 2 is 1.83 bits per heavy atom. The number of carbonyl (C=O) groups excluding carboxylic acids is 2. The molecule has 2 saturated heterocycles. The van der Waals surface area contributed by atoms with Crippen molar-refractivity contribution in [1.29, 1.82) is 0 Å². The minimum atomic E-state index is -0.907. The molecule has 6 heteroatoms. The third kappa shape index (κ3) is 2.72. The summed E-state index contributed by atoms with van der Waals surface area (Å²) >= 11 is 0. The standard InChI is InChI=1S/C17H21NO5/c1-18-11-8-9-12(18)14(19)15(13(11)17(21)22-2)23-16(20)10-6-4-3-5-7-10/h3-7,11-15,19H,8-9H2,1-2H3/t11-,12+,13+,14?,15-/m0/s1. The minimum absolute atomic E-state index is 0.0792. The van der Waals surface area contributed by atoms with E-state index in [-0.39, 0.29) is 12.1 Å². The molecule has 1 aromatic carbocycles. The van der Waals surface area contributed by atoms with Gasteiger partial charge >= 0.3 is 11.9 Å². The number of nitrogens with zero attached hydrogens (tertiary/aromatic N) is 1. The molecular weight excluding hydrogens is 298 g/mol. The van der Waals surface area contributed by atoms with Crippen molar-refractivity contribution < 1.29 is 24.2 Å². The van der Waals surface area contributed by atoms with Gasteiger partial charge in [0.2, 0.25) is 0 Å². The van der Waals surface area contributed by atoms with Crippen LogP contribution >= 0.6 is 0 Å². The van der Waals surface area contributed by atoms with Crippen molar-refractivity contribution in [3.05, 3.63) is 35.9 Å². The van der Waals surface area contributed by atoms with Crippen molar-refractivity contribution in [3.8, 4) is 0 Å². The Labute approximate surface area is 135 Å². The molecule has 0 saturated carbocycles. The Balaban J connectivity index is 1.86. The number of hydrogen-bond donors (Lipinski definition) is 1. The van der Waals surface area contributed by atoms with Crippen LogP contribution in [-0.4, -0.2) is 60.4 Å². The first-order valence-corrected chi connectivity index (χ1v) is 7.78. The third-order valence-electron chi connectivity index (χ3n) is 5.03. The van der Waals surface area contributed by atoms with Crippen LogP contribution in [0, 0.1) is 5.92 Å². The predicted octanol–water partition coefficient (Wildman–Crippen LogP) is 0.838. The summed E-state index contributed by atoms with van der Waals surface area (Å²) in [5, 5.41) is 10.6. The number of carbonyl (C=O) groups is 2. The van der Waals surface area contributed by atoms with Crippen molar-refractivity contribution in [2.45, 2.75) is 37.1 Å². The first-order chi connectivity index (χ1) is 11.0. The molecule has 124 valence electrons. The van der Waals surface area contributed by atoms with Gasteiger partial charge in [0.05, 0.1) is 12.7 Å². The molecule has 2 aliphatic heterocycles. The molecule has 23 heavy (non-hydrogen) atoms. The van der Waals surface area contributed by atoms with E-state index in [2.05, 4.69) is 0 Å². The number of rotatable bonds is 3. The fourth-order valence-electron chi connectivity index (χ4n) is 3.83. The second kappa shape index (κ2) is 6.29. The summed E-state index contributed by atoms with van der Waals surface area (Å²) in [6.45, 7) is 0. The van der Waals surface area contributed by atoms with Gasteiger partial charge in [0.15, 0.2) is 0 Å². The van der Waals surface area contributed by atoms with E-state index in [4.69, 9.17) is 9.47 Å². The number of methoxy groups -OCH3 is 1. The molecule has 2 fully saturated rings.